The number of anilines is 1. The molecule has 0 aromatic carbocycles. The van der Waals surface area contributed by atoms with Crippen molar-refractivity contribution in [1.82, 2.24) is 10.3 Å². The standard InChI is InChI=1S/C13H19N3O3/c1-8(2)6-15-12(17)9(3)16-11-5-4-10(7-14-11)13(18)19/h4-5,7-9H,6H2,1-3H3,(H,14,16)(H,15,17)(H,18,19). The zero-order valence-electron chi connectivity index (χ0n) is 11.3. The van der Waals surface area contributed by atoms with Crippen LogP contribution < -0.4 is 10.6 Å². The lowest BCUT2D eigenvalue weighted by Crippen LogP contribution is -2.39. The largest absolute Gasteiger partial charge is 0.478 e. The quantitative estimate of drug-likeness (QED) is 0.722. The average Bonchev–Trinajstić information content (AvgIpc) is 2.36. The van der Waals surface area contributed by atoms with Crippen molar-refractivity contribution in [2.24, 2.45) is 5.92 Å². The highest BCUT2D eigenvalue weighted by molar-refractivity contribution is 5.87. The van der Waals surface area contributed by atoms with E-state index in [-0.39, 0.29) is 11.5 Å². The monoisotopic (exact) mass is 265 g/mol. The molecule has 6 heteroatoms. The minimum atomic E-state index is -1.03. The van der Waals surface area contributed by atoms with Crippen molar-refractivity contribution in [3.05, 3.63) is 23.9 Å². The van der Waals surface area contributed by atoms with Gasteiger partial charge < -0.3 is 15.7 Å². The van der Waals surface area contributed by atoms with Crippen LogP contribution in [0, 0.1) is 5.92 Å². The summed E-state index contributed by atoms with van der Waals surface area (Å²) >= 11 is 0. The summed E-state index contributed by atoms with van der Waals surface area (Å²) in [6, 6.07) is 2.55. The third-order valence-corrected chi connectivity index (χ3v) is 2.45. The SMILES string of the molecule is CC(C)CNC(=O)C(C)Nc1ccc(C(=O)O)cn1. The Labute approximate surface area is 112 Å². The first kappa shape index (κ1) is 14.9. The number of carbonyl (C=O) groups excluding carboxylic acids is 1. The summed E-state index contributed by atoms with van der Waals surface area (Å²) < 4.78 is 0. The Balaban J connectivity index is 2.54. The molecule has 0 saturated carbocycles. The summed E-state index contributed by atoms with van der Waals surface area (Å²) in [4.78, 5) is 26.3. The van der Waals surface area contributed by atoms with Gasteiger partial charge >= 0.3 is 5.97 Å². The molecular formula is C13H19N3O3. The van der Waals surface area contributed by atoms with Gasteiger partial charge in [-0.05, 0) is 25.0 Å². The Morgan fingerprint density at radius 3 is 2.47 bits per heavy atom. The Morgan fingerprint density at radius 1 is 1.32 bits per heavy atom. The Morgan fingerprint density at radius 2 is 2.00 bits per heavy atom. The van der Waals surface area contributed by atoms with Crippen molar-refractivity contribution in [2.75, 3.05) is 11.9 Å². The van der Waals surface area contributed by atoms with E-state index in [2.05, 4.69) is 15.6 Å². The van der Waals surface area contributed by atoms with E-state index in [0.717, 1.165) is 0 Å². The summed E-state index contributed by atoms with van der Waals surface area (Å²) in [6.45, 7) is 6.38. The van der Waals surface area contributed by atoms with Crippen molar-refractivity contribution >= 4 is 17.7 Å². The van der Waals surface area contributed by atoms with Gasteiger partial charge in [0.25, 0.3) is 0 Å². The van der Waals surface area contributed by atoms with Crippen molar-refractivity contribution < 1.29 is 14.7 Å². The molecule has 0 aliphatic rings. The molecule has 6 nitrogen and oxygen atoms in total. The van der Waals surface area contributed by atoms with Gasteiger partial charge in [-0.15, -0.1) is 0 Å². The summed E-state index contributed by atoms with van der Waals surface area (Å²) in [5.74, 6) is -0.277. The van der Waals surface area contributed by atoms with Crippen LogP contribution in [-0.4, -0.2) is 34.6 Å². The van der Waals surface area contributed by atoms with Crippen LogP contribution in [-0.2, 0) is 4.79 Å². The van der Waals surface area contributed by atoms with E-state index in [1.807, 2.05) is 13.8 Å². The van der Waals surface area contributed by atoms with Crippen molar-refractivity contribution in [3.63, 3.8) is 0 Å². The maximum absolute atomic E-state index is 11.7. The van der Waals surface area contributed by atoms with Gasteiger partial charge in [0.05, 0.1) is 5.56 Å². The number of hydrogen-bond donors (Lipinski definition) is 3. The molecule has 0 aliphatic heterocycles. The van der Waals surface area contributed by atoms with Crippen LogP contribution in [0.1, 0.15) is 31.1 Å². The highest BCUT2D eigenvalue weighted by atomic mass is 16.4. The fourth-order valence-electron chi connectivity index (χ4n) is 1.35. The van der Waals surface area contributed by atoms with Gasteiger partial charge in [0.1, 0.15) is 11.9 Å². The maximum Gasteiger partial charge on any atom is 0.337 e. The van der Waals surface area contributed by atoms with Gasteiger partial charge in [-0.3, -0.25) is 4.79 Å². The number of nitrogens with zero attached hydrogens (tertiary/aromatic N) is 1. The first-order valence-corrected chi connectivity index (χ1v) is 6.13. The van der Waals surface area contributed by atoms with Crippen LogP contribution in [0.3, 0.4) is 0 Å². The second-order valence-corrected chi connectivity index (χ2v) is 4.74. The lowest BCUT2D eigenvalue weighted by atomic mass is 10.2. The molecule has 1 aromatic rings. The van der Waals surface area contributed by atoms with Crippen LogP contribution in [0.4, 0.5) is 5.82 Å². The predicted octanol–water partition coefficient (Wildman–Crippen LogP) is 1.35. The summed E-state index contributed by atoms with van der Waals surface area (Å²) in [6.07, 6.45) is 1.25. The van der Waals surface area contributed by atoms with Crippen LogP contribution in [0.25, 0.3) is 0 Å². The molecule has 0 fully saturated rings. The minimum Gasteiger partial charge on any atom is -0.478 e. The van der Waals surface area contributed by atoms with Crippen LogP contribution in [0.15, 0.2) is 18.3 Å². The van der Waals surface area contributed by atoms with Crippen molar-refractivity contribution in [3.8, 4) is 0 Å². The lowest BCUT2D eigenvalue weighted by molar-refractivity contribution is -0.121. The van der Waals surface area contributed by atoms with E-state index in [0.29, 0.717) is 18.3 Å². The zero-order valence-corrected chi connectivity index (χ0v) is 11.3. The van der Waals surface area contributed by atoms with E-state index >= 15 is 0 Å². The number of carboxylic acids is 1. The highest BCUT2D eigenvalue weighted by Gasteiger charge is 2.13. The average molecular weight is 265 g/mol. The fraction of sp³-hybridized carbons (Fsp3) is 0.462. The molecule has 1 unspecified atom stereocenters. The van der Waals surface area contributed by atoms with E-state index in [4.69, 9.17) is 5.11 Å². The van der Waals surface area contributed by atoms with Gasteiger partial charge in [0.2, 0.25) is 5.91 Å². The third-order valence-electron chi connectivity index (χ3n) is 2.45. The molecular weight excluding hydrogens is 246 g/mol. The van der Waals surface area contributed by atoms with Gasteiger partial charge in [0.15, 0.2) is 0 Å². The number of carboxylic acid groups (broad SMARTS) is 1. The normalized spacial score (nSPS) is 12.0. The van der Waals surface area contributed by atoms with E-state index < -0.39 is 12.0 Å². The molecule has 0 spiro atoms. The summed E-state index contributed by atoms with van der Waals surface area (Å²) in [5, 5.41) is 14.5. The number of aromatic nitrogens is 1. The Kier molecular flexibility index (Phi) is 5.29. The smallest absolute Gasteiger partial charge is 0.337 e. The van der Waals surface area contributed by atoms with Crippen LogP contribution in [0.5, 0.6) is 0 Å². The van der Waals surface area contributed by atoms with Gasteiger partial charge in [-0.1, -0.05) is 13.8 Å². The minimum absolute atomic E-state index is 0.113. The van der Waals surface area contributed by atoms with Crippen LogP contribution >= 0.6 is 0 Å². The number of amides is 1. The zero-order chi connectivity index (χ0) is 14.4. The number of pyridine rings is 1. The first-order chi connectivity index (χ1) is 8.90. The molecule has 0 aliphatic carbocycles. The van der Waals surface area contributed by atoms with E-state index in [1.54, 1.807) is 6.92 Å². The van der Waals surface area contributed by atoms with Crippen molar-refractivity contribution in [2.45, 2.75) is 26.8 Å². The Hall–Kier alpha value is -2.11. The lowest BCUT2D eigenvalue weighted by Gasteiger charge is -2.15. The Bertz CT molecular complexity index is 443. The summed E-state index contributed by atoms with van der Waals surface area (Å²) in [5.41, 5.74) is 0.113. The number of nitrogens with one attached hydrogen (secondary N) is 2. The topological polar surface area (TPSA) is 91.3 Å². The van der Waals surface area contributed by atoms with Gasteiger partial charge in [-0.25, -0.2) is 9.78 Å². The molecule has 1 atom stereocenters. The molecule has 1 heterocycles. The number of rotatable bonds is 6. The van der Waals surface area contributed by atoms with Crippen molar-refractivity contribution in [1.29, 1.82) is 0 Å². The molecule has 0 saturated heterocycles. The highest BCUT2D eigenvalue weighted by Crippen LogP contribution is 2.06. The second kappa shape index (κ2) is 6.72. The fourth-order valence-corrected chi connectivity index (χ4v) is 1.35. The number of aromatic carboxylic acids is 1. The molecule has 1 aromatic heterocycles. The molecule has 19 heavy (non-hydrogen) atoms. The molecule has 104 valence electrons. The van der Waals surface area contributed by atoms with E-state index in [9.17, 15) is 9.59 Å². The molecule has 0 bridgehead atoms. The van der Waals surface area contributed by atoms with Crippen LogP contribution in [0.2, 0.25) is 0 Å². The second-order valence-electron chi connectivity index (χ2n) is 4.74. The first-order valence-electron chi connectivity index (χ1n) is 6.13. The molecule has 0 radical (unpaired) electrons. The van der Waals surface area contributed by atoms with Gasteiger partial charge in [-0.2, -0.15) is 0 Å². The molecule has 1 rings (SSSR count). The summed E-state index contributed by atoms with van der Waals surface area (Å²) in [7, 11) is 0. The van der Waals surface area contributed by atoms with E-state index in [1.165, 1.54) is 18.3 Å². The van der Waals surface area contributed by atoms with Gasteiger partial charge in [0, 0.05) is 12.7 Å². The number of hydrogen-bond acceptors (Lipinski definition) is 4. The number of carbonyl (C=O) groups is 2. The third kappa shape index (κ3) is 4.95. The maximum atomic E-state index is 11.7. The predicted molar refractivity (Wildman–Crippen MR) is 72.1 cm³/mol. The molecule has 1 amide bonds. The molecule has 3 N–H and O–H groups in total.